The number of carbonyl (C=O) groups excluding carboxylic acids is 1. The number of carbonyl (C=O) groups is 1. The molecule has 134 valence electrons. The minimum Gasteiger partial charge on any atom is -0.361 e. The lowest BCUT2D eigenvalue weighted by molar-refractivity contribution is 0.0705. The average Bonchev–Trinajstić information content (AvgIpc) is 3.11. The van der Waals surface area contributed by atoms with Gasteiger partial charge in [0.25, 0.3) is 5.91 Å². The van der Waals surface area contributed by atoms with E-state index in [0.29, 0.717) is 5.95 Å². The summed E-state index contributed by atoms with van der Waals surface area (Å²) in [6.07, 6.45) is 4.93. The van der Waals surface area contributed by atoms with E-state index in [1.807, 2.05) is 6.07 Å². The Balaban J connectivity index is 1.37. The van der Waals surface area contributed by atoms with Gasteiger partial charge in [-0.05, 0) is 11.6 Å². The topological polar surface area (TPSA) is 97.4 Å². The van der Waals surface area contributed by atoms with Crippen LogP contribution < -0.4 is 10.4 Å². The third-order valence-electron chi connectivity index (χ3n) is 4.73. The highest BCUT2D eigenvalue weighted by atomic mass is 16.5. The zero-order valence-corrected chi connectivity index (χ0v) is 14.2. The number of hydrogen-bond donors (Lipinski definition) is 3. The molecule has 0 aliphatic carbocycles. The van der Waals surface area contributed by atoms with E-state index in [-0.39, 0.29) is 5.56 Å². The van der Waals surface area contributed by atoms with Gasteiger partial charge >= 0.3 is 0 Å². The molecule has 1 saturated heterocycles. The molecule has 0 bridgehead atoms. The highest BCUT2D eigenvalue weighted by Crippen LogP contribution is 2.20. The Kier molecular flexibility index (Phi) is 4.51. The Hall–Kier alpha value is -2.97. The van der Waals surface area contributed by atoms with Gasteiger partial charge in [0.05, 0.1) is 5.56 Å². The third-order valence-corrected chi connectivity index (χ3v) is 4.73. The number of aromatic nitrogens is 3. The highest BCUT2D eigenvalue weighted by molar-refractivity contribution is 5.92. The largest absolute Gasteiger partial charge is 0.361 e. The van der Waals surface area contributed by atoms with Crippen LogP contribution in [0.4, 0.5) is 5.95 Å². The number of piperazine rings is 1. The number of benzene rings is 1. The molecule has 26 heavy (non-hydrogen) atoms. The normalized spacial score (nSPS) is 15.3. The fraction of sp³-hybridized carbons (Fsp3) is 0.278. The molecule has 0 spiro atoms. The molecule has 8 heteroatoms. The third kappa shape index (κ3) is 3.24. The van der Waals surface area contributed by atoms with E-state index in [1.54, 1.807) is 5.48 Å². The number of anilines is 1. The highest BCUT2D eigenvalue weighted by Gasteiger charge is 2.20. The monoisotopic (exact) mass is 352 g/mol. The van der Waals surface area contributed by atoms with Crippen molar-refractivity contribution in [2.45, 2.75) is 6.54 Å². The first kappa shape index (κ1) is 16.5. The molecule has 0 unspecified atom stereocenters. The van der Waals surface area contributed by atoms with Crippen LogP contribution in [0.15, 0.2) is 42.9 Å². The van der Waals surface area contributed by atoms with Gasteiger partial charge in [0, 0.05) is 62.2 Å². The van der Waals surface area contributed by atoms with Crippen molar-refractivity contribution in [1.82, 2.24) is 25.3 Å². The van der Waals surface area contributed by atoms with Gasteiger partial charge in [0.2, 0.25) is 5.95 Å². The second-order valence-corrected chi connectivity index (χ2v) is 6.34. The molecule has 1 aliphatic heterocycles. The first-order valence-corrected chi connectivity index (χ1v) is 8.53. The number of rotatable bonds is 4. The fourth-order valence-electron chi connectivity index (χ4n) is 3.28. The summed E-state index contributed by atoms with van der Waals surface area (Å²) in [7, 11) is 0. The predicted molar refractivity (Wildman–Crippen MR) is 97.1 cm³/mol. The maximum Gasteiger partial charge on any atom is 0.277 e. The average molecular weight is 352 g/mol. The van der Waals surface area contributed by atoms with E-state index >= 15 is 0 Å². The fourth-order valence-corrected chi connectivity index (χ4v) is 3.28. The zero-order chi connectivity index (χ0) is 17.9. The molecule has 0 radical (unpaired) electrons. The molecule has 8 nitrogen and oxygen atoms in total. The lowest BCUT2D eigenvalue weighted by Crippen LogP contribution is -2.46. The molecule has 3 heterocycles. The summed E-state index contributed by atoms with van der Waals surface area (Å²) in [6.45, 7) is 4.40. The molecule has 2 aromatic heterocycles. The first-order valence-electron chi connectivity index (χ1n) is 8.53. The number of H-pyrrole nitrogens is 1. The van der Waals surface area contributed by atoms with Crippen molar-refractivity contribution in [3.63, 3.8) is 0 Å². The number of aromatic amines is 1. The van der Waals surface area contributed by atoms with Crippen molar-refractivity contribution in [2.75, 3.05) is 31.1 Å². The van der Waals surface area contributed by atoms with E-state index < -0.39 is 5.91 Å². The van der Waals surface area contributed by atoms with Crippen molar-refractivity contribution in [3.05, 3.63) is 54.0 Å². The molecule has 1 fully saturated rings. The van der Waals surface area contributed by atoms with Gasteiger partial charge in [-0.1, -0.05) is 18.2 Å². The molecule has 0 saturated carbocycles. The molecular formula is C18H20N6O2. The number of hydrogen-bond acceptors (Lipinski definition) is 6. The molecule has 3 N–H and O–H groups in total. The number of amides is 1. The van der Waals surface area contributed by atoms with Gasteiger partial charge in [-0.3, -0.25) is 14.9 Å². The van der Waals surface area contributed by atoms with Crippen molar-refractivity contribution in [1.29, 1.82) is 0 Å². The lowest BCUT2D eigenvalue weighted by atomic mass is 10.1. The van der Waals surface area contributed by atoms with Gasteiger partial charge in [0.1, 0.15) is 0 Å². The number of nitrogens with zero attached hydrogens (tertiary/aromatic N) is 4. The standard InChI is InChI=1S/C18H20N6O2/c25-17(22-26)13-9-20-18(21-10-13)24-7-5-23(6-8-24)12-14-11-19-16-4-2-1-3-15(14)16/h1-4,9-11,19,26H,5-8,12H2,(H,22,25). The summed E-state index contributed by atoms with van der Waals surface area (Å²) >= 11 is 0. The second-order valence-electron chi connectivity index (χ2n) is 6.34. The van der Waals surface area contributed by atoms with Crippen LogP contribution in [0.25, 0.3) is 10.9 Å². The molecule has 1 aromatic carbocycles. The zero-order valence-electron chi connectivity index (χ0n) is 14.2. The minimum absolute atomic E-state index is 0.231. The van der Waals surface area contributed by atoms with Crippen molar-refractivity contribution in [2.24, 2.45) is 0 Å². The SMILES string of the molecule is O=C(NO)c1cnc(N2CCN(Cc3c[nH]c4ccccc34)CC2)nc1. The second kappa shape index (κ2) is 7.11. The summed E-state index contributed by atoms with van der Waals surface area (Å²) in [5.41, 5.74) is 4.29. The molecule has 4 rings (SSSR count). The van der Waals surface area contributed by atoms with Crippen LogP contribution in [0.2, 0.25) is 0 Å². The van der Waals surface area contributed by atoms with Crippen LogP contribution >= 0.6 is 0 Å². The Morgan fingerprint density at radius 1 is 1.15 bits per heavy atom. The first-order chi connectivity index (χ1) is 12.7. The lowest BCUT2D eigenvalue weighted by Gasteiger charge is -2.34. The van der Waals surface area contributed by atoms with Gasteiger partial charge in [-0.2, -0.15) is 0 Å². The van der Waals surface area contributed by atoms with E-state index in [2.05, 4.69) is 49.1 Å². The van der Waals surface area contributed by atoms with E-state index in [9.17, 15) is 4.79 Å². The smallest absolute Gasteiger partial charge is 0.277 e. The summed E-state index contributed by atoms with van der Waals surface area (Å²) in [6, 6.07) is 8.34. The Labute approximate surface area is 150 Å². The molecular weight excluding hydrogens is 332 g/mol. The maximum atomic E-state index is 11.3. The number of fused-ring (bicyclic) bond motifs is 1. The summed E-state index contributed by atoms with van der Waals surface area (Å²) in [4.78, 5) is 27.6. The maximum absolute atomic E-state index is 11.3. The number of para-hydroxylation sites is 1. The molecule has 0 atom stereocenters. The molecule has 3 aromatic rings. The van der Waals surface area contributed by atoms with Gasteiger partial charge < -0.3 is 9.88 Å². The van der Waals surface area contributed by atoms with Crippen LogP contribution in [0.3, 0.4) is 0 Å². The predicted octanol–water partition coefficient (Wildman–Crippen LogP) is 1.40. The van der Waals surface area contributed by atoms with Gasteiger partial charge in [0.15, 0.2) is 0 Å². The molecule has 1 amide bonds. The van der Waals surface area contributed by atoms with Crippen LogP contribution in [-0.2, 0) is 6.54 Å². The Morgan fingerprint density at radius 2 is 1.88 bits per heavy atom. The number of nitrogens with one attached hydrogen (secondary N) is 2. The van der Waals surface area contributed by atoms with Gasteiger partial charge in [-0.15, -0.1) is 0 Å². The van der Waals surface area contributed by atoms with Crippen molar-refractivity contribution in [3.8, 4) is 0 Å². The summed E-state index contributed by atoms with van der Waals surface area (Å²) < 4.78 is 0. The van der Waals surface area contributed by atoms with E-state index in [0.717, 1.165) is 32.7 Å². The summed E-state index contributed by atoms with van der Waals surface area (Å²) in [5, 5.41) is 9.91. The van der Waals surface area contributed by atoms with Crippen molar-refractivity contribution >= 4 is 22.8 Å². The van der Waals surface area contributed by atoms with Gasteiger partial charge in [-0.25, -0.2) is 15.4 Å². The van der Waals surface area contributed by atoms with Crippen molar-refractivity contribution < 1.29 is 10.0 Å². The number of hydroxylamine groups is 1. The molecule has 1 aliphatic rings. The Morgan fingerprint density at radius 3 is 2.62 bits per heavy atom. The summed E-state index contributed by atoms with van der Waals surface area (Å²) in [5.74, 6) is -0.00803. The van der Waals surface area contributed by atoms with Crippen LogP contribution in [0.1, 0.15) is 15.9 Å². The van der Waals surface area contributed by atoms with Crippen LogP contribution in [0.5, 0.6) is 0 Å². The van der Waals surface area contributed by atoms with E-state index in [4.69, 9.17) is 5.21 Å². The minimum atomic E-state index is -0.611. The Bertz CT molecular complexity index is 899. The van der Waals surface area contributed by atoms with E-state index in [1.165, 1.54) is 28.9 Å². The van der Waals surface area contributed by atoms with Crippen LogP contribution in [0, 0.1) is 0 Å². The quantitative estimate of drug-likeness (QED) is 0.485. The van der Waals surface area contributed by atoms with Crippen LogP contribution in [-0.4, -0.2) is 57.1 Å².